The van der Waals surface area contributed by atoms with Crippen molar-refractivity contribution in [1.82, 2.24) is 0 Å². The Hall–Kier alpha value is -1.84. The van der Waals surface area contributed by atoms with E-state index in [0.29, 0.717) is 12.0 Å². The summed E-state index contributed by atoms with van der Waals surface area (Å²) in [5.74, 6) is -0.358. The molecule has 0 aromatic heterocycles. The molecule has 0 radical (unpaired) electrons. The highest BCUT2D eigenvalue weighted by atomic mass is 16.6. The summed E-state index contributed by atoms with van der Waals surface area (Å²) in [5, 5.41) is 0. The Morgan fingerprint density at radius 2 is 1.94 bits per heavy atom. The minimum absolute atomic E-state index is 0.0671. The molecule has 0 spiro atoms. The van der Waals surface area contributed by atoms with Gasteiger partial charge in [0.05, 0.1) is 19.1 Å². The third-order valence-electron chi connectivity index (χ3n) is 1.98. The lowest BCUT2D eigenvalue weighted by Gasteiger charge is -2.20. The number of benzene rings is 1. The predicted octanol–water partition coefficient (Wildman–Crippen LogP) is 1.79. The van der Waals surface area contributed by atoms with Gasteiger partial charge in [0.25, 0.3) is 0 Å². The second-order valence-electron chi connectivity index (χ2n) is 3.36. The van der Waals surface area contributed by atoms with E-state index >= 15 is 0 Å². The van der Waals surface area contributed by atoms with Gasteiger partial charge in [0.15, 0.2) is 0 Å². The smallest absolute Gasteiger partial charge is 0.337 e. The zero-order chi connectivity index (χ0) is 12.0. The normalized spacial score (nSPS) is 17.4. The number of carbonyl (C=O) groups excluding carboxylic acids is 2. The van der Waals surface area contributed by atoms with Crippen LogP contribution in [0.2, 0.25) is 0 Å². The van der Waals surface area contributed by atoms with E-state index in [1.165, 1.54) is 7.11 Å². The molecule has 1 atom stereocenters. The molecule has 1 fully saturated rings. The zero-order valence-corrected chi connectivity index (χ0v) is 9.30. The molecule has 0 N–H and O–H groups in total. The third-order valence-corrected chi connectivity index (χ3v) is 1.98. The second-order valence-corrected chi connectivity index (χ2v) is 3.36. The van der Waals surface area contributed by atoms with Gasteiger partial charge in [-0.15, -0.1) is 0 Å². The molecule has 0 bridgehead atoms. The van der Waals surface area contributed by atoms with Crippen LogP contribution in [0.3, 0.4) is 0 Å². The lowest BCUT2D eigenvalue weighted by molar-refractivity contribution is -0.167. The van der Waals surface area contributed by atoms with Crippen molar-refractivity contribution < 1.29 is 19.1 Å². The van der Waals surface area contributed by atoms with Gasteiger partial charge in [-0.3, -0.25) is 4.79 Å². The third kappa shape index (κ3) is 3.73. The van der Waals surface area contributed by atoms with Gasteiger partial charge in [-0.05, 0) is 19.1 Å². The summed E-state index contributed by atoms with van der Waals surface area (Å²) in [4.78, 5) is 20.7. The Morgan fingerprint density at radius 3 is 2.25 bits per heavy atom. The van der Waals surface area contributed by atoms with Crippen LogP contribution in [0, 0.1) is 0 Å². The molecule has 1 saturated heterocycles. The molecule has 2 rings (SSSR count). The van der Waals surface area contributed by atoms with Gasteiger partial charge < -0.3 is 9.47 Å². The van der Waals surface area contributed by atoms with Crippen LogP contribution in [0.15, 0.2) is 30.3 Å². The first-order valence-electron chi connectivity index (χ1n) is 4.96. The summed E-state index contributed by atoms with van der Waals surface area (Å²) in [7, 11) is 1.37. The van der Waals surface area contributed by atoms with Gasteiger partial charge in [-0.2, -0.15) is 0 Å². The number of carbonyl (C=O) groups is 2. The summed E-state index contributed by atoms with van der Waals surface area (Å²) >= 11 is 0. The second kappa shape index (κ2) is 5.90. The fraction of sp³-hybridized carbons (Fsp3) is 0.333. The van der Waals surface area contributed by atoms with Crippen LogP contribution in [0.25, 0.3) is 0 Å². The molecule has 1 unspecified atom stereocenters. The van der Waals surface area contributed by atoms with Crippen LogP contribution >= 0.6 is 0 Å². The number of ether oxygens (including phenoxy) is 2. The Morgan fingerprint density at radius 1 is 1.38 bits per heavy atom. The average molecular weight is 222 g/mol. The van der Waals surface area contributed by atoms with Crippen LogP contribution in [0.4, 0.5) is 0 Å². The SMILES string of the molecule is CC1CC(=O)O1.COC(=O)c1ccccc1. The molecule has 1 aliphatic rings. The van der Waals surface area contributed by atoms with E-state index in [1.807, 2.05) is 13.0 Å². The van der Waals surface area contributed by atoms with Gasteiger partial charge >= 0.3 is 11.9 Å². The molecule has 0 saturated carbocycles. The van der Waals surface area contributed by atoms with Gasteiger partial charge in [-0.25, -0.2) is 4.79 Å². The van der Waals surface area contributed by atoms with E-state index in [0.717, 1.165) is 0 Å². The molecule has 1 aromatic rings. The maximum absolute atomic E-state index is 10.8. The molecular formula is C12H14O4. The number of cyclic esters (lactones) is 1. The maximum atomic E-state index is 10.8. The van der Waals surface area contributed by atoms with Crippen molar-refractivity contribution in [2.75, 3.05) is 7.11 Å². The Labute approximate surface area is 94.2 Å². The number of hydrogen-bond donors (Lipinski definition) is 0. The lowest BCUT2D eigenvalue weighted by atomic mass is 10.2. The van der Waals surface area contributed by atoms with E-state index in [2.05, 4.69) is 9.47 Å². The van der Waals surface area contributed by atoms with E-state index in [-0.39, 0.29) is 18.0 Å². The molecule has 1 aromatic carbocycles. The molecular weight excluding hydrogens is 208 g/mol. The maximum Gasteiger partial charge on any atom is 0.337 e. The first-order valence-corrected chi connectivity index (χ1v) is 4.96. The fourth-order valence-corrected chi connectivity index (χ4v) is 1.14. The van der Waals surface area contributed by atoms with Gasteiger partial charge in [-0.1, -0.05) is 18.2 Å². The summed E-state index contributed by atoms with van der Waals surface area (Å²) < 4.78 is 9.00. The van der Waals surface area contributed by atoms with Crippen molar-refractivity contribution >= 4 is 11.9 Å². The summed E-state index contributed by atoms with van der Waals surface area (Å²) in [6, 6.07) is 8.88. The van der Waals surface area contributed by atoms with Crippen LogP contribution in [-0.4, -0.2) is 25.2 Å². The molecule has 4 heteroatoms. The highest BCUT2D eigenvalue weighted by Gasteiger charge is 2.22. The van der Waals surface area contributed by atoms with Gasteiger partial charge in [0.2, 0.25) is 0 Å². The summed E-state index contributed by atoms with van der Waals surface area (Å²) in [6.45, 7) is 1.88. The minimum Gasteiger partial charge on any atom is -0.465 e. The zero-order valence-electron chi connectivity index (χ0n) is 9.30. The van der Waals surface area contributed by atoms with E-state index in [1.54, 1.807) is 24.3 Å². The van der Waals surface area contributed by atoms with Gasteiger partial charge in [0, 0.05) is 0 Å². The number of methoxy groups -OCH3 is 1. The molecule has 16 heavy (non-hydrogen) atoms. The first kappa shape index (κ1) is 12.2. The van der Waals surface area contributed by atoms with Crippen LogP contribution in [-0.2, 0) is 14.3 Å². The van der Waals surface area contributed by atoms with Crippen LogP contribution < -0.4 is 0 Å². The largest absolute Gasteiger partial charge is 0.465 e. The van der Waals surface area contributed by atoms with Gasteiger partial charge in [0.1, 0.15) is 6.10 Å². The van der Waals surface area contributed by atoms with Crippen molar-refractivity contribution in [3.05, 3.63) is 35.9 Å². The number of hydrogen-bond acceptors (Lipinski definition) is 4. The Balaban J connectivity index is 0.000000181. The van der Waals surface area contributed by atoms with E-state index < -0.39 is 0 Å². The highest BCUT2D eigenvalue weighted by molar-refractivity contribution is 5.89. The Bertz CT molecular complexity index is 351. The molecule has 4 nitrogen and oxygen atoms in total. The topological polar surface area (TPSA) is 52.6 Å². The minimum atomic E-state index is -0.291. The highest BCUT2D eigenvalue weighted by Crippen LogP contribution is 2.10. The molecule has 0 aliphatic carbocycles. The Kier molecular flexibility index (Phi) is 4.51. The summed E-state index contributed by atoms with van der Waals surface area (Å²) in [5.41, 5.74) is 0.588. The van der Waals surface area contributed by atoms with Crippen molar-refractivity contribution in [1.29, 1.82) is 0 Å². The number of rotatable bonds is 1. The van der Waals surface area contributed by atoms with Crippen molar-refractivity contribution in [3.63, 3.8) is 0 Å². The quantitative estimate of drug-likeness (QED) is 0.680. The van der Waals surface area contributed by atoms with Crippen molar-refractivity contribution in [2.45, 2.75) is 19.4 Å². The average Bonchev–Trinajstić information content (AvgIpc) is 2.28. The molecule has 0 amide bonds. The summed E-state index contributed by atoms with van der Waals surface area (Å²) in [6.07, 6.45) is 0.803. The molecule has 86 valence electrons. The predicted molar refractivity (Wildman–Crippen MR) is 58.0 cm³/mol. The monoisotopic (exact) mass is 222 g/mol. The standard InChI is InChI=1S/C8H8O2.C4H6O2/c1-10-8(9)7-5-3-2-4-6-7;1-3-2-4(5)6-3/h2-6H,1H3;3H,2H2,1H3. The fourth-order valence-electron chi connectivity index (χ4n) is 1.14. The van der Waals surface area contributed by atoms with Crippen LogP contribution in [0.1, 0.15) is 23.7 Å². The number of esters is 2. The van der Waals surface area contributed by atoms with Crippen molar-refractivity contribution in [3.8, 4) is 0 Å². The van der Waals surface area contributed by atoms with E-state index in [9.17, 15) is 9.59 Å². The van der Waals surface area contributed by atoms with E-state index in [4.69, 9.17) is 0 Å². The first-order chi connectivity index (χ1) is 7.63. The molecule has 1 heterocycles. The molecule has 1 aliphatic heterocycles. The van der Waals surface area contributed by atoms with Crippen LogP contribution in [0.5, 0.6) is 0 Å². The lowest BCUT2D eigenvalue weighted by Crippen LogP contribution is -2.29. The van der Waals surface area contributed by atoms with Crippen molar-refractivity contribution in [2.24, 2.45) is 0 Å².